The lowest BCUT2D eigenvalue weighted by molar-refractivity contribution is 0.0952. The summed E-state index contributed by atoms with van der Waals surface area (Å²) in [5.41, 5.74) is 3.82. The molecule has 2 atom stereocenters. The molecule has 5 heteroatoms. The van der Waals surface area contributed by atoms with Crippen LogP contribution in [-0.4, -0.2) is 16.7 Å². The van der Waals surface area contributed by atoms with E-state index in [9.17, 15) is 9.90 Å². The zero-order chi connectivity index (χ0) is 13.4. The second-order valence-corrected chi connectivity index (χ2v) is 5.72. The third kappa shape index (κ3) is 2.45. The number of fused-ring (bicyclic) bond motifs is 2. The number of benzene rings is 1. The third-order valence-corrected chi connectivity index (χ3v) is 4.25. The van der Waals surface area contributed by atoms with Gasteiger partial charge in [-0.3, -0.25) is 4.79 Å². The predicted octanol–water partition coefficient (Wildman–Crippen LogP) is 2.95. The van der Waals surface area contributed by atoms with Gasteiger partial charge in [-0.05, 0) is 55.7 Å². The second kappa shape index (κ2) is 4.85. The van der Waals surface area contributed by atoms with E-state index in [1.807, 2.05) is 0 Å². The summed E-state index contributed by atoms with van der Waals surface area (Å²) in [6.45, 7) is 0. The molecule has 1 amide bonds. The molecule has 100 valence electrons. The van der Waals surface area contributed by atoms with E-state index in [4.69, 9.17) is 11.6 Å². The van der Waals surface area contributed by atoms with Crippen LogP contribution >= 0.6 is 11.6 Å². The normalized spacial score (nSPS) is 26.9. The highest BCUT2D eigenvalue weighted by atomic mass is 35.5. The number of rotatable bonds is 2. The maximum Gasteiger partial charge on any atom is 0.275 e. The van der Waals surface area contributed by atoms with Crippen LogP contribution in [0.3, 0.4) is 0 Å². The molecule has 19 heavy (non-hydrogen) atoms. The lowest BCUT2D eigenvalue weighted by Gasteiger charge is -2.11. The van der Waals surface area contributed by atoms with Gasteiger partial charge in [0.1, 0.15) is 5.75 Å². The zero-order valence-electron chi connectivity index (χ0n) is 10.4. The highest BCUT2D eigenvalue weighted by Crippen LogP contribution is 2.42. The fourth-order valence-corrected chi connectivity index (χ4v) is 3.21. The summed E-state index contributed by atoms with van der Waals surface area (Å²) in [7, 11) is 0. The van der Waals surface area contributed by atoms with Gasteiger partial charge in [0.05, 0.1) is 5.56 Å². The number of phenolic OH excluding ortho intramolecular Hbond substituents is 1. The molecule has 0 heterocycles. The van der Waals surface area contributed by atoms with Crippen LogP contribution in [0.1, 0.15) is 36.0 Å². The molecule has 0 aliphatic heterocycles. The van der Waals surface area contributed by atoms with Crippen molar-refractivity contribution in [3.8, 4) is 5.75 Å². The summed E-state index contributed by atoms with van der Waals surface area (Å²) < 4.78 is 0. The van der Waals surface area contributed by atoms with Crippen molar-refractivity contribution in [3.63, 3.8) is 0 Å². The van der Waals surface area contributed by atoms with Crippen LogP contribution in [0.25, 0.3) is 0 Å². The average Bonchev–Trinajstić information content (AvgIpc) is 2.98. The van der Waals surface area contributed by atoms with Gasteiger partial charge < -0.3 is 5.11 Å². The molecular formula is C14H15ClN2O2. The van der Waals surface area contributed by atoms with Gasteiger partial charge in [0.2, 0.25) is 0 Å². The molecule has 4 nitrogen and oxygen atoms in total. The van der Waals surface area contributed by atoms with Crippen LogP contribution in [0.4, 0.5) is 0 Å². The Morgan fingerprint density at radius 1 is 1.42 bits per heavy atom. The van der Waals surface area contributed by atoms with E-state index >= 15 is 0 Å². The Balaban J connectivity index is 1.70. The van der Waals surface area contributed by atoms with Crippen molar-refractivity contribution in [2.24, 2.45) is 16.9 Å². The first-order chi connectivity index (χ1) is 9.13. The van der Waals surface area contributed by atoms with Crippen molar-refractivity contribution in [1.82, 2.24) is 5.43 Å². The van der Waals surface area contributed by atoms with Crippen LogP contribution in [0.15, 0.2) is 23.3 Å². The Morgan fingerprint density at radius 2 is 2.26 bits per heavy atom. The molecule has 0 unspecified atom stereocenters. The smallest absolute Gasteiger partial charge is 0.275 e. The third-order valence-electron chi connectivity index (χ3n) is 4.02. The second-order valence-electron chi connectivity index (χ2n) is 5.29. The van der Waals surface area contributed by atoms with Gasteiger partial charge in [-0.1, -0.05) is 11.6 Å². The number of nitrogens with zero attached hydrogens (tertiary/aromatic N) is 1. The van der Waals surface area contributed by atoms with E-state index in [-0.39, 0.29) is 11.3 Å². The predicted molar refractivity (Wildman–Crippen MR) is 73.5 cm³/mol. The maximum absolute atomic E-state index is 11.9. The number of carbonyl (C=O) groups is 1. The van der Waals surface area contributed by atoms with Crippen molar-refractivity contribution >= 4 is 23.2 Å². The molecule has 2 aliphatic rings. The number of carbonyl (C=O) groups excluding carboxylic acids is 1. The quantitative estimate of drug-likeness (QED) is 0.817. The molecule has 2 N–H and O–H groups in total. The summed E-state index contributed by atoms with van der Waals surface area (Å²) in [5, 5.41) is 14.3. The van der Waals surface area contributed by atoms with Crippen molar-refractivity contribution < 1.29 is 9.90 Å². The number of halogens is 1. The minimum absolute atomic E-state index is 0.127. The van der Waals surface area contributed by atoms with Crippen LogP contribution in [0.2, 0.25) is 5.02 Å². The van der Waals surface area contributed by atoms with Crippen molar-refractivity contribution in [2.45, 2.75) is 25.7 Å². The first kappa shape index (κ1) is 12.5. The Hall–Kier alpha value is -1.55. The Bertz CT molecular complexity index is 556. The molecule has 1 aromatic rings. The average molecular weight is 279 g/mol. The zero-order valence-corrected chi connectivity index (χ0v) is 11.2. The maximum atomic E-state index is 11.9. The number of hydrogen-bond acceptors (Lipinski definition) is 3. The fraction of sp³-hybridized carbons (Fsp3) is 0.429. The van der Waals surface area contributed by atoms with E-state index in [0.717, 1.165) is 18.1 Å². The van der Waals surface area contributed by atoms with Crippen molar-refractivity contribution in [2.75, 3.05) is 0 Å². The monoisotopic (exact) mass is 278 g/mol. The van der Waals surface area contributed by atoms with Gasteiger partial charge in [-0.25, -0.2) is 5.43 Å². The van der Waals surface area contributed by atoms with Crippen molar-refractivity contribution in [1.29, 1.82) is 0 Å². The highest BCUT2D eigenvalue weighted by molar-refractivity contribution is 6.30. The van der Waals surface area contributed by atoms with Gasteiger partial charge in [0.25, 0.3) is 5.91 Å². The summed E-state index contributed by atoms with van der Waals surface area (Å²) in [6.07, 6.45) is 4.68. The summed E-state index contributed by atoms with van der Waals surface area (Å²) in [4.78, 5) is 11.9. The van der Waals surface area contributed by atoms with Crippen LogP contribution in [0, 0.1) is 11.8 Å². The van der Waals surface area contributed by atoms with Crippen molar-refractivity contribution in [3.05, 3.63) is 28.8 Å². The Labute approximate surface area is 116 Å². The fourth-order valence-electron chi connectivity index (χ4n) is 3.04. The van der Waals surface area contributed by atoms with Crippen LogP contribution in [0.5, 0.6) is 5.75 Å². The Kier molecular flexibility index (Phi) is 3.19. The summed E-state index contributed by atoms with van der Waals surface area (Å²) in [5.74, 6) is 0.774. The van der Waals surface area contributed by atoms with E-state index in [1.54, 1.807) is 6.07 Å². The highest BCUT2D eigenvalue weighted by Gasteiger charge is 2.36. The van der Waals surface area contributed by atoms with Crippen LogP contribution < -0.4 is 5.43 Å². The van der Waals surface area contributed by atoms with E-state index < -0.39 is 5.91 Å². The lowest BCUT2D eigenvalue weighted by atomic mass is 9.99. The van der Waals surface area contributed by atoms with E-state index in [2.05, 4.69) is 10.5 Å². The topological polar surface area (TPSA) is 61.7 Å². The first-order valence-electron chi connectivity index (χ1n) is 6.49. The van der Waals surface area contributed by atoms with Gasteiger partial charge in [-0.15, -0.1) is 0 Å². The molecule has 0 radical (unpaired) electrons. The molecule has 2 fully saturated rings. The van der Waals surface area contributed by atoms with E-state index in [0.29, 0.717) is 10.9 Å². The molecule has 0 saturated heterocycles. The van der Waals surface area contributed by atoms with Gasteiger partial charge in [0, 0.05) is 10.7 Å². The molecular weight excluding hydrogens is 264 g/mol. The number of hydrogen-bond donors (Lipinski definition) is 2. The van der Waals surface area contributed by atoms with Gasteiger partial charge in [0.15, 0.2) is 0 Å². The number of phenols is 1. The molecule has 0 spiro atoms. The SMILES string of the molecule is O=C(N/N=C1\C[C@@H]2CC[C@@H]1C2)c1ccc(Cl)cc1O. The molecule has 2 bridgehead atoms. The summed E-state index contributed by atoms with van der Waals surface area (Å²) >= 11 is 5.73. The molecule has 0 aromatic heterocycles. The van der Waals surface area contributed by atoms with Gasteiger partial charge in [-0.2, -0.15) is 5.10 Å². The van der Waals surface area contributed by atoms with Gasteiger partial charge >= 0.3 is 0 Å². The minimum atomic E-state index is -0.399. The number of nitrogens with one attached hydrogen (secondary N) is 1. The largest absolute Gasteiger partial charge is 0.507 e. The standard InChI is InChI=1S/C14H15ClN2O2/c15-10-3-4-11(13(18)7-10)14(19)17-16-12-6-8-1-2-9(12)5-8/h3-4,7-9,18H,1-2,5-6H2,(H,17,19)/b16-12+/t8-,9-/m1/s1. The van der Waals surface area contributed by atoms with E-state index in [1.165, 1.54) is 31.4 Å². The Morgan fingerprint density at radius 3 is 2.89 bits per heavy atom. The number of amides is 1. The van der Waals surface area contributed by atoms with Crippen LogP contribution in [-0.2, 0) is 0 Å². The number of hydrazone groups is 1. The number of aromatic hydroxyl groups is 1. The molecule has 2 aliphatic carbocycles. The molecule has 1 aromatic carbocycles. The first-order valence-corrected chi connectivity index (χ1v) is 6.86. The molecule has 2 saturated carbocycles. The molecule has 3 rings (SSSR count). The lowest BCUT2D eigenvalue weighted by Crippen LogP contribution is -2.22. The summed E-state index contributed by atoms with van der Waals surface area (Å²) in [6, 6.07) is 4.41. The minimum Gasteiger partial charge on any atom is -0.507 e.